The van der Waals surface area contributed by atoms with E-state index in [1.54, 1.807) is 24.3 Å². The molecule has 10 heteroatoms. The van der Waals surface area contributed by atoms with Crippen molar-refractivity contribution in [1.29, 1.82) is 0 Å². The number of esters is 1. The lowest BCUT2D eigenvalue weighted by Gasteiger charge is -2.19. The van der Waals surface area contributed by atoms with Crippen LogP contribution in [0.1, 0.15) is 64.4 Å². The largest absolute Gasteiger partial charge is 0.464 e. The third-order valence-corrected chi connectivity index (χ3v) is 9.37. The summed E-state index contributed by atoms with van der Waals surface area (Å²) in [6, 6.07) is 10.4. The number of benzene rings is 1. The molecule has 0 spiro atoms. The summed E-state index contributed by atoms with van der Waals surface area (Å²) >= 11 is 2.46. The summed E-state index contributed by atoms with van der Waals surface area (Å²) in [5.74, 6) is -1.27. The first-order valence-electron chi connectivity index (χ1n) is 13.3. The van der Waals surface area contributed by atoms with Crippen molar-refractivity contribution in [2.45, 2.75) is 59.4 Å². The SMILES string of the molecule is CCOC(=O)[C@@H](C)N1C(=O)S/C(=C/c2cc(C)n(-c3sc4c(c3C(=O)Nc3ccccc3)CCCC4)c2C)C1=O. The molecule has 1 saturated heterocycles. The number of anilines is 1. The molecule has 0 saturated carbocycles. The van der Waals surface area contributed by atoms with E-state index in [0.29, 0.717) is 5.56 Å². The molecule has 1 aliphatic carbocycles. The molecule has 2 aliphatic rings. The van der Waals surface area contributed by atoms with Crippen molar-refractivity contribution < 1.29 is 23.9 Å². The second kappa shape index (κ2) is 11.5. The maximum absolute atomic E-state index is 13.7. The summed E-state index contributed by atoms with van der Waals surface area (Å²) in [6.45, 7) is 7.25. The fraction of sp³-hybridized carbons (Fsp3) is 0.333. The second-order valence-corrected chi connectivity index (χ2v) is 11.9. The number of thiophene rings is 1. The average Bonchev–Trinajstić information content (AvgIpc) is 3.54. The van der Waals surface area contributed by atoms with E-state index in [1.807, 2.05) is 50.2 Å². The van der Waals surface area contributed by atoms with Gasteiger partial charge in [-0.05, 0) is 101 Å². The number of thioether (sulfide) groups is 1. The highest BCUT2D eigenvalue weighted by molar-refractivity contribution is 8.18. The molecule has 1 aromatic carbocycles. The van der Waals surface area contributed by atoms with E-state index in [4.69, 9.17) is 4.74 Å². The molecule has 3 amide bonds. The summed E-state index contributed by atoms with van der Waals surface area (Å²) in [7, 11) is 0. The lowest BCUT2D eigenvalue weighted by molar-refractivity contribution is -0.150. The molecule has 3 aromatic rings. The van der Waals surface area contributed by atoms with E-state index in [0.717, 1.165) is 75.5 Å². The highest BCUT2D eigenvalue weighted by Crippen LogP contribution is 2.40. The number of aryl methyl sites for hydroxylation is 2. The number of aromatic nitrogens is 1. The third-order valence-electron chi connectivity index (χ3n) is 7.21. The van der Waals surface area contributed by atoms with Crippen LogP contribution in [0, 0.1) is 13.8 Å². The second-order valence-electron chi connectivity index (χ2n) is 9.85. The zero-order chi connectivity index (χ0) is 28.6. The predicted octanol–water partition coefficient (Wildman–Crippen LogP) is 6.27. The van der Waals surface area contributed by atoms with Crippen LogP contribution in [-0.4, -0.2) is 45.1 Å². The maximum Gasteiger partial charge on any atom is 0.329 e. The number of nitrogens with zero attached hydrogens (tertiary/aromatic N) is 2. The molecule has 2 aromatic heterocycles. The molecule has 3 heterocycles. The van der Waals surface area contributed by atoms with Crippen molar-refractivity contribution >= 4 is 57.9 Å². The van der Waals surface area contributed by atoms with Crippen molar-refractivity contribution in [3.63, 3.8) is 0 Å². The fourth-order valence-corrected chi connectivity index (χ4v) is 7.62. The number of amides is 3. The van der Waals surface area contributed by atoms with Crippen molar-refractivity contribution in [2.75, 3.05) is 11.9 Å². The Balaban J connectivity index is 1.52. The van der Waals surface area contributed by atoms with Crippen LogP contribution >= 0.6 is 23.1 Å². The van der Waals surface area contributed by atoms with Crippen molar-refractivity contribution in [3.8, 4) is 5.00 Å². The monoisotopic (exact) mass is 577 g/mol. The summed E-state index contributed by atoms with van der Waals surface area (Å²) in [6.07, 6.45) is 5.65. The zero-order valence-electron chi connectivity index (χ0n) is 22.9. The molecule has 8 nitrogen and oxygen atoms in total. The Bertz CT molecular complexity index is 1540. The van der Waals surface area contributed by atoms with Crippen LogP contribution < -0.4 is 5.32 Å². The van der Waals surface area contributed by atoms with Gasteiger partial charge in [-0.25, -0.2) is 4.79 Å². The van der Waals surface area contributed by atoms with Crippen molar-refractivity contribution in [1.82, 2.24) is 9.47 Å². The van der Waals surface area contributed by atoms with Crippen LogP contribution in [0.2, 0.25) is 0 Å². The van der Waals surface area contributed by atoms with Gasteiger partial charge in [0.05, 0.1) is 17.1 Å². The quantitative estimate of drug-likeness (QED) is 0.262. The van der Waals surface area contributed by atoms with E-state index in [1.165, 1.54) is 11.8 Å². The molecule has 1 aliphatic heterocycles. The van der Waals surface area contributed by atoms with Crippen molar-refractivity contribution in [3.05, 3.63) is 74.3 Å². The minimum Gasteiger partial charge on any atom is -0.464 e. The van der Waals surface area contributed by atoms with Gasteiger partial charge in [0, 0.05) is 22.0 Å². The minimum absolute atomic E-state index is 0.135. The lowest BCUT2D eigenvalue weighted by Crippen LogP contribution is -2.42. The van der Waals surface area contributed by atoms with Crippen LogP contribution in [0.4, 0.5) is 10.5 Å². The molecular weight excluding hydrogens is 546 g/mol. The third kappa shape index (κ3) is 5.13. The summed E-state index contributed by atoms with van der Waals surface area (Å²) in [5.41, 5.74) is 5.09. The van der Waals surface area contributed by atoms with Gasteiger partial charge in [0.1, 0.15) is 11.0 Å². The number of para-hydroxylation sites is 1. The standard InChI is InChI=1S/C30H31N3O5S2/c1-5-38-29(36)19(4)33-27(35)24(40-30(33)37)16-20-15-17(2)32(18(20)3)28-25(22-13-9-10-14-23(22)39-28)26(34)31-21-11-7-6-8-12-21/h6-8,11-12,15-16,19H,5,9-10,13-14H2,1-4H3,(H,31,34)/b24-16+/t19-/m1/s1. The van der Waals surface area contributed by atoms with Crippen LogP contribution in [0.3, 0.4) is 0 Å². The number of ether oxygens (including phenoxy) is 1. The first-order chi connectivity index (χ1) is 19.2. The van der Waals surface area contributed by atoms with Gasteiger partial charge in [0.25, 0.3) is 17.1 Å². The Kier molecular flexibility index (Phi) is 8.00. The minimum atomic E-state index is -1.01. The number of fused-ring (bicyclic) bond motifs is 1. The highest BCUT2D eigenvalue weighted by atomic mass is 32.2. The molecule has 0 bridgehead atoms. The van der Waals surface area contributed by atoms with Gasteiger partial charge in [-0.3, -0.25) is 19.3 Å². The lowest BCUT2D eigenvalue weighted by atomic mass is 9.95. The number of nitrogens with one attached hydrogen (secondary N) is 1. The van der Waals surface area contributed by atoms with Gasteiger partial charge in [0.2, 0.25) is 0 Å². The molecule has 40 heavy (non-hydrogen) atoms. The van der Waals surface area contributed by atoms with E-state index in [-0.39, 0.29) is 17.4 Å². The Labute approximate surface area is 241 Å². The Morgan fingerprint density at radius 3 is 2.58 bits per heavy atom. The average molecular weight is 578 g/mol. The van der Waals surface area contributed by atoms with Gasteiger partial charge in [-0.15, -0.1) is 11.3 Å². The van der Waals surface area contributed by atoms with Crippen LogP contribution in [0.25, 0.3) is 11.1 Å². The summed E-state index contributed by atoms with van der Waals surface area (Å²) in [4.78, 5) is 54.1. The molecular formula is C30H31N3O5S2. The van der Waals surface area contributed by atoms with E-state index < -0.39 is 23.2 Å². The number of hydrogen-bond donors (Lipinski definition) is 1. The first kappa shape index (κ1) is 27.9. The van der Waals surface area contributed by atoms with Gasteiger partial charge in [0.15, 0.2) is 0 Å². The normalized spacial score (nSPS) is 16.8. The molecule has 0 radical (unpaired) electrons. The molecule has 1 atom stereocenters. The zero-order valence-corrected chi connectivity index (χ0v) is 24.5. The van der Waals surface area contributed by atoms with Gasteiger partial charge < -0.3 is 14.6 Å². The first-order valence-corrected chi connectivity index (χ1v) is 15.0. The number of imide groups is 1. The van der Waals surface area contributed by atoms with E-state index >= 15 is 0 Å². The van der Waals surface area contributed by atoms with Gasteiger partial charge in [-0.1, -0.05) is 18.2 Å². The molecule has 1 N–H and O–H groups in total. The fourth-order valence-electron chi connectivity index (χ4n) is 5.23. The number of hydrogen-bond acceptors (Lipinski definition) is 7. The highest BCUT2D eigenvalue weighted by Gasteiger charge is 2.41. The maximum atomic E-state index is 13.7. The van der Waals surface area contributed by atoms with E-state index in [2.05, 4.69) is 9.88 Å². The van der Waals surface area contributed by atoms with Crippen LogP contribution in [0.5, 0.6) is 0 Å². The Morgan fingerprint density at radius 1 is 1.12 bits per heavy atom. The number of carbonyl (C=O) groups is 4. The Morgan fingerprint density at radius 2 is 1.85 bits per heavy atom. The molecule has 208 valence electrons. The Hall–Kier alpha value is -3.63. The molecule has 0 unspecified atom stereocenters. The smallest absolute Gasteiger partial charge is 0.329 e. The molecule has 1 fully saturated rings. The molecule has 5 rings (SSSR count). The topological polar surface area (TPSA) is 97.7 Å². The summed E-state index contributed by atoms with van der Waals surface area (Å²) < 4.78 is 7.08. The van der Waals surface area contributed by atoms with Gasteiger partial charge in [-0.2, -0.15) is 0 Å². The van der Waals surface area contributed by atoms with Gasteiger partial charge >= 0.3 is 5.97 Å². The van der Waals surface area contributed by atoms with Crippen LogP contribution in [0.15, 0.2) is 41.3 Å². The van der Waals surface area contributed by atoms with Crippen molar-refractivity contribution in [2.24, 2.45) is 0 Å². The summed E-state index contributed by atoms with van der Waals surface area (Å²) in [5, 5.41) is 3.42. The number of rotatable bonds is 7. The van der Waals surface area contributed by atoms with Crippen LogP contribution in [-0.2, 0) is 27.2 Å². The number of carbonyl (C=O) groups excluding carboxylic acids is 4. The predicted molar refractivity (Wildman–Crippen MR) is 158 cm³/mol. The van der Waals surface area contributed by atoms with E-state index in [9.17, 15) is 19.2 Å².